The molecule has 0 saturated heterocycles. The summed E-state index contributed by atoms with van der Waals surface area (Å²) >= 11 is 0. The first kappa shape index (κ1) is 12.2. The number of amides is 1. The quantitative estimate of drug-likeness (QED) is 0.790. The first-order valence-corrected chi connectivity index (χ1v) is 5.06. The van der Waals surface area contributed by atoms with Gasteiger partial charge in [-0.1, -0.05) is 6.07 Å². The number of carbonyl (C=O) groups excluding carboxylic acids is 1. The molecule has 4 heteroatoms. The van der Waals surface area contributed by atoms with Crippen molar-refractivity contribution in [2.24, 2.45) is 0 Å². The molecule has 0 fully saturated rings. The van der Waals surface area contributed by atoms with Crippen molar-refractivity contribution in [2.45, 2.75) is 19.8 Å². The van der Waals surface area contributed by atoms with E-state index in [4.69, 9.17) is 5.26 Å². The average Bonchev–Trinajstić information content (AvgIpc) is 2.24. The van der Waals surface area contributed by atoms with Crippen LogP contribution in [0.15, 0.2) is 18.2 Å². The molecule has 0 heterocycles. The van der Waals surface area contributed by atoms with Crippen molar-refractivity contribution < 1.29 is 9.18 Å². The van der Waals surface area contributed by atoms with E-state index in [2.05, 4.69) is 5.32 Å². The third kappa shape index (κ3) is 3.35. The fraction of sp³-hybridized carbons (Fsp3) is 0.333. The highest BCUT2D eigenvalue weighted by Gasteiger charge is 2.10. The van der Waals surface area contributed by atoms with E-state index in [0.717, 1.165) is 5.56 Å². The number of hydrogen-bond acceptors (Lipinski definition) is 2. The second-order valence-electron chi connectivity index (χ2n) is 3.50. The number of carbonyl (C=O) groups is 1. The van der Waals surface area contributed by atoms with Gasteiger partial charge in [0.05, 0.1) is 11.6 Å². The Bertz CT molecular complexity index is 424. The molecule has 0 spiro atoms. The largest absolute Gasteiger partial charge is 0.352 e. The monoisotopic (exact) mass is 220 g/mol. The highest BCUT2D eigenvalue weighted by molar-refractivity contribution is 5.94. The molecule has 0 aliphatic rings. The molecule has 0 saturated carbocycles. The predicted molar refractivity (Wildman–Crippen MR) is 58.3 cm³/mol. The summed E-state index contributed by atoms with van der Waals surface area (Å²) in [5.41, 5.74) is 0.820. The zero-order valence-electron chi connectivity index (χ0n) is 9.09. The Balaban J connectivity index is 2.57. The Morgan fingerprint density at radius 1 is 1.56 bits per heavy atom. The molecule has 0 aromatic heterocycles. The van der Waals surface area contributed by atoms with Crippen LogP contribution in [0.25, 0.3) is 0 Å². The van der Waals surface area contributed by atoms with Crippen LogP contribution in [0.4, 0.5) is 4.39 Å². The van der Waals surface area contributed by atoms with Crippen molar-refractivity contribution in [2.75, 3.05) is 6.54 Å². The second-order valence-corrected chi connectivity index (χ2v) is 3.50. The lowest BCUT2D eigenvalue weighted by atomic mass is 10.1. The molecular formula is C12H13FN2O. The van der Waals surface area contributed by atoms with Gasteiger partial charge < -0.3 is 5.32 Å². The summed E-state index contributed by atoms with van der Waals surface area (Å²) in [7, 11) is 0. The molecule has 0 unspecified atom stereocenters. The summed E-state index contributed by atoms with van der Waals surface area (Å²) in [6.07, 6.45) is 0.965. The van der Waals surface area contributed by atoms with Gasteiger partial charge in [-0.2, -0.15) is 5.26 Å². The van der Waals surface area contributed by atoms with Gasteiger partial charge in [-0.15, -0.1) is 0 Å². The topological polar surface area (TPSA) is 52.9 Å². The number of halogens is 1. The predicted octanol–water partition coefficient (Wildman–Crippen LogP) is 2.17. The minimum absolute atomic E-state index is 0.0440. The van der Waals surface area contributed by atoms with Crippen molar-refractivity contribution in [3.63, 3.8) is 0 Å². The standard InChI is InChI=1S/C12H13FN2O/c1-9-4-5-10(11(13)8-9)12(16)15-7-3-2-6-14/h4-5,8H,2-3,7H2,1H3,(H,15,16). The van der Waals surface area contributed by atoms with Crippen LogP contribution < -0.4 is 5.32 Å². The number of aryl methyl sites for hydroxylation is 1. The number of benzene rings is 1. The van der Waals surface area contributed by atoms with Crippen LogP contribution in [-0.4, -0.2) is 12.5 Å². The van der Waals surface area contributed by atoms with Crippen LogP contribution in [0.2, 0.25) is 0 Å². The van der Waals surface area contributed by atoms with Crippen LogP contribution >= 0.6 is 0 Å². The molecule has 3 nitrogen and oxygen atoms in total. The van der Waals surface area contributed by atoms with Gasteiger partial charge in [-0.3, -0.25) is 4.79 Å². The van der Waals surface area contributed by atoms with Crippen molar-refractivity contribution in [3.05, 3.63) is 35.1 Å². The third-order valence-corrected chi connectivity index (χ3v) is 2.12. The minimum Gasteiger partial charge on any atom is -0.352 e. The lowest BCUT2D eigenvalue weighted by molar-refractivity contribution is 0.0949. The van der Waals surface area contributed by atoms with Gasteiger partial charge in [-0.05, 0) is 31.0 Å². The highest BCUT2D eigenvalue weighted by Crippen LogP contribution is 2.09. The maximum atomic E-state index is 13.4. The maximum absolute atomic E-state index is 13.4. The van der Waals surface area contributed by atoms with E-state index in [1.165, 1.54) is 12.1 Å². The molecule has 1 N–H and O–H groups in total. The Kier molecular flexibility index (Phi) is 4.46. The number of nitrogens with one attached hydrogen (secondary N) is 1. The van der Waals surface area contributed by atoms with E-state index in [-0.39, 0.29) is 5.56 Å². The minimum atomic E-state index is -0.516. The third-order valence-electron chi connectivity index (χ3n) is 2.12. The Hall–Kier alpha value is -1.89. The molecule has 0 atom stereocenters. The zero-order chi connectivity index (χ0) is 12.0. The Labute approximate surface area is 93.9 Å². The molecular weight excluding hydrogens is 207 g/mol. The zero-order valence-corrected chi connectivity index (χ0v) is 9.09. The Morgan fingerprint density at radius 2 is 2.31 bits per heavy atom. The number of hydrogen-bond donors (Lipinski definition) is 1. The molecule has 16 heavy (non-hydrogen) atoms. The van der Waals surface area contributed by atoms with E-state index < -0.39 is 11.7 Å². The van der Waals surface area contributed by atoms with Gasteiger partial charge >= 0.3 is 0 Å². The van der Waals surface area contributed by atoms with Gasteiger partial charge in [-0.25, -0.2) is 4.39 Å². The van der Waals surface area contributed by atoms with Crippen LogP contribution in [0.5, 0.6) is 0 Å². The summed E-state index contributed by atoms with van der Waals surface area (Å²) < 4.78 is 13.4. The molecule has 0 aliphatic carbocycles. The van der Waals surface area contributed by atoms with Crippen molar-refractivity contribution in [1.29, 1.82) is 5.26 Å². The number of rotatable bonds is 4. The van der Waals surface area contributed by atoms with Crippen LogP contribution in [0, 0.1) is 24.1 Å². The molecule has 1 aromatic carbocycles. The second kappa shape index (κ2) is 5.86. The summed E-state index contributed by atoms with van der Waals surface area (Å²) in [5.74, 6) is -0.951. The maximum Gasteiger partial charge on any atom is 0.254 e. The van der Waals surface area contributed by atoms with E-state index in [1.54, 1.807) is 13.0 Å². The molecule has 1 rings (SSSR count). The molecule has 84 valence electrons. The van der Waals surface area contributed by atoms with E-state index >= 15 is 0 Å². The van der Waals surface area contributed by atoms with E-state index in [9.17, 15) is 9.18 Å². The summed E-state index contributed by atoms with van der Waals surface area (Å²) in [4.78, 5) is 11.5. The smallest absolute Gasteiger partial charge is 0.254 e. The van der Waals surface area contributed by atoms with Gasteiger partial charge in [0.15, 0.2) is 0 Å². The van der Waals surface area contributed by atoms with Gasteiger partial charge in [0.1, 0.15) is 5.82 Å². The van der Waals surface area contributed by atoms with Crippen LogP contribution in [-0.2, 0) is 0 Å². The van der Waals surface area contributed by atoms with Crippen LogP contribution in [0.1, 0.15) is 28.8 Å². The average molecular weight is 220 g/mol. The fourth-order valence-corrected chi connectivity index (χ4v) is 1.27. The van der Waals surface area contributed by atoms with Gasteiger partial charge in [0.2, 0.25) is 0 Å². The molecule has 1 amide bonds. The summed E-state index contributed by atoms with van der Waals surface area (Å²) in [6, 6.07) is 6.45. The first-order valence-electron chi connectivity index (χ1n) is 5.06. The number of nitriles is 1. The van der Waals surface area contributed by atoms with Crippen molar-refractivity contribution in [3.8, 4) is 6.07 Å². The first-order chi connectivity index (χ1) is 7.65. The fourth-order valence-electron chi connectivity index (χ4n) is 1.27. The lowest BCUT2D eigenvalue weighted by Crippen LogP contribution is -2.25. The highest BCUT2D eigenvalue weighted by atomic mass is 19.1. The summed E-state index contributed by atoms with van der Waals surface area (Å²) in [5, 5.41) is 10.9. The van der Waals surface area contributed by atoms with Crippen molar-refractivity contribution in [1.82, 2.24) is 5.32 Å². The van der Waals surface area contributed by atoms with Gasteiger partial charge in [0, 0.05) is 13.0 Å². The molecule has 0 radical (unpaired) electrons. The lowest BCUT2D eigenvalue weighted by Gasteiger charge is -2.05. The number of unbranched alkanes of at least 4 members (excludes halogenated alkanes) is 1. The molecule has 0 aliphatic heterocycles. The SMILES string of the molecule is Cc1ccc(C(=O)NCCCC#N)c(F)c1. The van der Waals surface area contributed by atoms with Gasteiger partial charge in [0.25, 0.3) is 5.91 Å². The summed E-state index contributed by atoms with van der Waals surface area (Å²) in [6.45, 7) is 2.15. The van der Waals surface area contributed by atoms with E-state index in [0.29, 0.717) is 19.4 Å². The molecule has 1 aromatic rings. The number of nitrogens with zero attached hydrogens (tertiary/aromatic N) is 1. The van der Waals surface area contributed by atoms with Crippen LogP contribution in [0.3, 0.4) is 0 Å². The van der Waals surface area contributed by atoms with Crippen molar-refractivity contribution >= 4 is 5.91 Å². The van der Waals surface area contributed by atoms with E-state index in [1.807, 2.05) is 6.07 Å². The normalized spacial score (nSPS) is 9.56. The Morgan fingerprint density at radius 3 is 2.94 bits per heavy atom. The molecule has 0 bridgehead atoms.